The van der Waals surface area contributed by atoms with Crippen molar-refractivity contribution in [2.75, 3.05) is 6.61 Å². The highest BCUT2D eigenvalue weighted by Gasteiger charge is 2.43. The lowest BCUT2D eigenvalue weighted by molar-refractivity contribution is -0.151. The van der Waals surface area contributed by atoms with Crippen LogP contribution in [0.3, 0.4) is 0 Å². The van der Waals surface area contributed by atoms with Crippen molar-refractivity contribution in [3.8, 4) is 11.8 Å². The van der Waals surface area contributed by atoms with Crippen LogP contribution >= 0.6 is 0 Å². The van der Waals surface area contributed by atoms with E-state index >= 15 is 0 Å². The predicted octanol–water partition coefficient (Wildman–Crippen LogP) is 6.38. The largest absolute Gasteiger partial charge is 0.462 e. The van der Waals surface area contributed by atoms with Gasteiger partial charge in [-0.2, -0.15) is 0 Å². The minimum Gasteiger partial charge on any atom is -0.462 e. The molecule has 4 atom stereocenters. The molecule has 36 heavy (non-hydrogen) atoms. The number of aliphatic hydroxyl groups is 1. The Morgan fingerprint density at radius 1 is 1.17 bits per heavy atom. The van der Waals surface area contributed by atoms with Crippen molar-refractivity contribution in [2.45, 2.75) is 105 Å². The third kappa shape index (κ3) is 9.19. The Labute approximate surface area is 219 Å². The molecule has 200 valence electrons. The first-order valence-electron chi connectivity index (χ1n) is 13.1. The fourth-order valence-corrected chi connectivity index (χ4v) is 4.76. The molecule has 0 bridgehead atoms. The molecule has 6 heteroatoms. The molecule has 0 aromatic heterocycles. The van der Waals surface area contributed by atoms with Crippen LogP contribution in [-0.4, -0.2) is 49.9 Å². The maximum absolute atomic E-state index is 13.0. The van der Waals surface area contributed by atoms with Crippen LogP contribution in [0.5, 0.6) is 0 Å². The van der Waals surface area contributed by atoms with Gasteiger partial charge in [0.15, 0.2) is 5.79 Å². The summed E-state index contributed by atoms with van der Waals surface area (Å²) < 4.78 is 17.8. The molecule has 1 aromatic carbocycles. The van der Waals surface area contributed by atoms with E-state index in [9.17, 15) is 9.90 Å². The first-order chi connectivity index (χ1) is 16.6. The number of hydrogen-bond acceptors (Lipinski definition) is 5. The number of aryl methyl sites for hydroxylation is 2. The lowest BCUT2D eigenvalue weighted by atomic mass is 9.97. The van der Waals surface area contributed by atoms with Gasteiger partial charge in [0, 0.05) is 14.0 Å². The van der Waals surface area contributed by atoms with Crippen molar-refractivity contribution >= 4 is 20.1 Å². The topological polar surface area (TPSA) is 65.0 Å². The minimum atomic E-state index is -1.29. The van der Waals surface area contributed by atoms with Crippen molar-refractivity contribution in [2.24, 2.45) is 11.8 Å². The number of rotatable bonds is 9. The van der Waals surface area contributed by atoms with Gasteiger partial charge in [0.2, 0.25) is 0 Å². The standard InChI is InChI=1S/C30H46O5Si/c1-20(2)22(4)14-15-25(31)28-26(34-30(6,7)35-28)13-11-12-24-19-21(3)18-23(5)27(24)29(32)33-16-17-36(8,9)10/h11-12,18-20,22,25-26,28,31H,13,16-17H2,1-10H3/b12-11+/t22-,25?,26-,28+/m0/s1. The van der Waals surface area contributed by atoms with Crippen molar-refractivity contribution in [3.05, 3.63) is 40.5 Å². The first-order valence-corrected chi connectivity index (χ1v) is 16.8. The Hall–Kier alpha value is -1.91. The summed E-state index contributed by atoms with van der Waals surface area (Å²) in [6.07, 6.45) is 2.59. The average molecular weight is 515 g/mol. The third-order valence-electron chi connectivity index (χ3n) is 6.46. The first kappa shape index (κ1) is 30.3. The van der Waals surface area contributed by atoms with E-state index in [0.717, 1.165) is 22.7 Å². The number of hydrogen-bond donors (Lipinski definition) is 1. The van der Waals surface area contributed by atoms with Gasteiger partial charge in [-0.05, 0) is 57.2 Å². The molecule has 1 N–H and O–H groups in total. The fraction of sp³-hybridized carbons (Fsp3) is 0.633. The lowest BCUT2D eigenvalue weighted by Crippen LogP contribution is -2.34. The quantitative estimate of drug-likeness (QED) is 0.235. The van der Waals surface area contributed by atoms with E-state index in [4.69, 9.17) is 14.2 Å². The molecule has 1 aromatic rings. The van der Waals surface area contributed by atoms with E-state index < -0.39 is 26.1 Å². The van der Waals surface area contributed by atoms with Crippen LogP contribution < -0.4 is 0 Å². The molecule has 1 saturated heterocycles. The van der Waals surface area contributed by atoms with Crippen LogP contribution in [0.2, 0.25) is 25.7 Å². The molecule has 1 heterocycles. The van der Waals surface area contributed by atoms with Gasteiger partial charge in [-0.25, -0.2) is 4.79 Å². The zero-order valence-electron chi connectivity index (χ0n) is 23.9. The second kappa shape index (κ2) is 12.6. The molecule has 0 spiro atoms. The Kier molecular flexibility index (Phi) is 10.6. The van der Waals surface area contributed by atoms with Gasteiger partial charge in [-0.15, -0.1) is 0 Å². The number of carbonyl (C=O) groups is 1. The Balaban J connectivity index is 2.19. The number of benzene rings is 1. The van der Waals surface area contributed by atoms with Crippen molar-refractivity contribution in [1.29, 1.82) is 0 Å². The second-order valence-electron chi connectivity index (χ2n) is 12.0. The summed E-state index contributed by atoms with van der Waals surface area (Å²) in [4.78, 5) is 13.0. The molecule has 1 fully saturated rings. The summed E-state index contributed by atoms with van der Waals surface area (Å²) in [5, 5.41) is 10.8. The Morgan fingerprint density at radius 3 is 2.44 bits per heavy atom. The average Bonchev–Trinajstić information content (AvgIpc) is 3.04. The van der Waals surface area contributed by atoms with Gasteiger partial charge < -0.3 is 19.3 Å². The summed E-state index contributed by atoms with van der Waals surface area (Å²) in [5.74, 6) is 5.62. The minimum absolute atomic E-state index is 0.182. The van der Waals surface area contributed by atoms with E-state index in [2.05, 4.69) is 52.3 Å². The highest BCUT2D eigenvalue weighted by molar-refractivity contribution is 6.76. The van der Waals surface area contributed by atoms with Gasteiger partial charge in [0.25, 0.3) is 0 Å². The highest BCUT2D eigenvalue weighted by Crippen LogP contribution is 2.32. The van der Waals surface area contributed by atoms with Crippen molar-refractivity contribution in [1.82, 2.24) is 0 Å². The highest BCUT2D eigenvalue weighted by atomic mass is 28.3. The van der Waals surface area contributed by atoms with Gasteiger partial charge in [-0.1, -0.05) is 82.1 Å². The van der Waals surface area contributed by atoms with Crippen LogP contribution in [0.15, 0.2) is 18.2 Å². The summed E-state index contributed by atoms with van der Waals surface area (Å²) in [6.45, 7) is 21.2. The van der Waals surface area contributed by atoms with E-state index in [-0.39, 0.29) is 18.0 Å². The van der Waals surface area contributed by atoms with E-state index in [1.807, 2.05) is 52.0 Å². The molecule has 1 unspecified atom stereocenters. The molecular formula is C30H46O5Si. The Bertz CT molecular complexity index is 993. The summed E-state index contributed by atoms with van der Waals surface area (Å²) in [6, 6.07) is 4.94. The molecule has 0 saturated carbocycles. The number of ether oxygens (including phenoxy) is 3. The third-order valence-corrected chi connectivity index (χ3v) is 8.16. The SMILES string of the molecule is Cc1cc(C)c(C(=O)OCC[Si](C)(C)C)c(/C=C/C[C@@H]2OC(C)(C)O[C@@H]2C(O)C#C[C@H](C)C(C)C)c1. The smallest absolute Gasteiger partial charge is 0.338 e. The van der Waals surface area contributed by atoms with Crippen LogP contribution in [-0.2, 0) is 14.2 Å². The second-order valence-corrected chi connectivity index (χ2v) is 17.7. The summed E-state index contributed by atoms with van der Waals surface area (Å²) >= 11 is 0. The number of esters is 1. The van der Waals surface area contributed by atoms with E-state index in [1.54, 1.807) is 0 Å². The van der Waals surface area contributed by atoms with Crippen molar-refractivity contribution < 1.29 is 24.1 Å². The van der Waals surface area contributed by atoms with Crippen LogP contribution in [0.4, 0.5) is 0 Å². The van der Waals surface area contributed by atoms with E-state index in [1.165, 1.54) is 0 Å². The molecule has 1 aliphatic heterocycles. The fourth-order valence-electron chi connectivity index (χ4n) is 4.04. The van der Waals surface area contributed by atoms with Gasteiger partial charge in [-0.3, -0.25) is 0 Å². The number of aliphatic hydroxyl groups excluding tert-OH is 1. The van der Waals surface area contributed by atoms with Crippen molar-refractivity contribution in [3.63, 3.8) is 0 Å². The van der Waals surface area contributed by atoms with Gasteiger partial charge in [0.1, 0.15) is 12.2 Å². The van der Waals surface area contributed by atoms with Crippen LogP contribution in [0.1, 0.15) is 68.1 Å². The molecule has 2 rings (SSSR count). The summed E-state index contributed by atoms with van der Waals surface area (Å²) in [7, 11) is -1.29. The Morgan fingerprint density at radius 2 is 1.83 bits per heavy atom. The lowest BCUT2D eigenvalue weighted by Gasteiger charge is -2.18. The molecular weight excluding hydrogens is 468 g/mol. The van der Waals surface area contributed by atoms with Gasteiger partial charge in [0.05, 0.1) is 18.3 Å². The zero-order valence-corrected chi connectivity index (χ0v) is 24.9. The number of carbonyl (C=O) groups excluding carboxylic acids is 1. The maximum atomic E-state index is 13.0. The maximum Gasteiger partial charge on any atom is 0.338 e. The molecule has 0 radical (unpaired) electrons. The molecule has 5 nitrogen and oxygen atoms in total. The van der Waals surface area contributed by atoms with Gasteiger partial charge >= 0.3 is 5.97 Å². The zero-order chi connectivity index (χ0) is 27.3. The van der Waals surface area contributed by atoms with Crippen LogP contribution in [0.25, 0.3) is 6.08 Å². The molecule has 0 amide bonds. The normalized spacial score (nSPS) is 21.3. The molecule has 1 aliphatic rings. The predicted molar refractivity (Wildman–Crippen MR) is 150 cm³/mol. The van der Waals surface area contributed by atoms with E-state index in [0.29, 0.717) is 24.5 Å². The molecule has 0 aliphatic carbocycles. The summed E-state index contributed by atoms with van der Waals surface area (Å²) in [5.41, 5.74) is 3.40. The monoisotopic (exact) mass is 514 g/mol. The van der Waals surface area contributed by atoms with Crippen LogP contribution in [0, 0.1) is 37.5 Å².